The highest BCUT2D eigenvalue weighted by Crippen LogP contribution is 2.20. The zero-order chi connectivity index (χ0) is 17.2. The van der Waals surface area contributed by atoms with Crippen molar-refractivity contribution in [2.45, 2.75) is 6.54 Å². The van der Waals surface area contributed by atoms with Crippen molar-refractivity contribution in [1.82, 2.24) is 9.55 Å². The summed E-state index contributed by atoms with van der Waals surface area (Å²) in [5.74, 6) is 0. The average Bonchev–Trinajstić information content (AvgIpc) is 3.05. The van der Waals surface area contributed by atoms with Gasteiger partial charge in [0.2, 0.25) is 0 Å². The highest BCUT2D eigenvalue weighted by atomic mass is 16.4. The molecule has 2 N–H and O–H groups in total. The third-order valence-corrected chi connectivity index (χ3v) is 4.38. The van der Waals surface area contributed by atoms with E-state index in [1.165, 1.54) is 0 Å². The van der Waals surface area contributed by atoms with Gasteiger partial charge in [0, 0.05) is 6.54 Å². The van der Waals surface area contributed by atoms with Crippen LogP contribution >= 0.6 is 0 Å². The van der Waals surface area contributed by atoms with Gasteiger partial charge in [-0.1, -0.05) is 60.7 Å². The maximum Gasteiger partial charge on any atom is 0.489 e. The molecule has 0 unspecified atom stereocenters. The van der Waals surface area contributed by atoms with Crippen LogP contribution in [0.25, 0.3) is 22.2 Å². The van der Waals surface area contributed by atoms with Gasteiger partial charge in [0.25, 0.3) is 0 Å². The van der Waals surface area contributed by atoms with Gasteiger partial charge in [-0.15, -0.1) is 0 Å². The number of hydrogen-bond donors (Lipinski definition) is 2. The summed E-state index contributed by atoms with van der Waals surface area (Å²) in [4.78, 5) is 4.42. The van der Waals surface area contributed by atoms with Crippen molar-refractivity contribution in [2.75, 3.05) is 0 Å². The number of hydrogen-bond acceptors (Lipinski definition) is 3. The first-order valence-corrected chi connectivity index (χ1v) is 8.16. The summed E-state index contributed by atoms with van der Waals surface area (Å²) < 4.78 is 2.12. The minimum Gasteiger partial charge on any atom is -0.423 e. The zero-order valence-corrected chi connectivity index (χ0v) is 13.6. The van der Waals surface area contributed by atoms with E-state index in [0.717, 1.165) is 34.3 Å². The molecule has 0 atom stereocenters. The number of rotatable bonds is 4. The monoisotopic (exact) mass is 328 g/mol. The van der Waals surface area contributed by atoms with Gasteiger partial charge in [-0.25, -0.2) is 4.98 Å². The Bertz CT molecular complexity index is 1010. The molecule has 4 aromatic rings. The molecule has 1 heterocycles. The summed E-state index contributed by atoms with van der Waals surface area (Å²) in [6, 6.07) is 23.5. The number of fused-ring (bicyclic) bond motifs is 1. The van der Waals surface area contributed by atoms with Crippen LogP contribution in [0.5, 0.6) is 0 Å². The molecule has 4 nitrogen and oxygen atoms in total. The Morgan fingerprint density at radius 2 is 1.56 bits per heavy atom. The van der Waals surface area contributed by atoms with Crippen LogP contribution in [0.2, 0.25) is 0 Å². The quantitative estimate of drug-likeness (QED) is 0.566. The SMILES string of the molecule is OB(O)c1ccccc1-c1ccc(Cn2cnc3ccccc32)cc1. The highest BCUT2D eigenvalue weighted by molar-refractivity contribution is 6.60. The van der Waals surface area contributed by atoms with Gasteiger partial charge in [-0.3, -0.25) is 0 Å². The fourth-order valence-corrected chi connectivity index (χ4v) is 3.11. The van der Waals surface area contributed by atoms with Gasteiger partial charge >= 0.3 is 7.12 Å². The maximum absolute atomic E-state index is 9.54. The van der Waals surface area contributed by atoms with Crippen LogP contribution in [0.15, 0.2) is 79.1 Å². The molecule has 1 aromatic heterocycles. The van der Waals surface area contributed by atoms with Crippen molar-refractivity contribution in [3.63, 3.8) is 0 Å². The van der Waals surface area contributed by atoms with Crippen LogP contribution in [0, 0.1) is 0 Å². The fraction of sp³-hybridized carbons (Fsp3) is 0.0500. The van der Waals surface area contributed by atoms with E-state index in [-0.39, 0.29) is 0 Å². The van der Waals surface area contributed by atoms with Crippen molar-refractivity contribution < 1.29 is 10.0 Å². The molecule has 25 heavy (non-hydrogen) atoms. The lowest BCUT2D eigenvalue weighted by Gasteiger charge is -2.10. The number of imidazole rings is 1. The van der Waals surface area contributed by atoms with Crippen LogP contribution in [0.1, 0.15) is 5.56 Å². The summed E-state index contributed by atoms with van der Waals surface area (Å²) >= 11 is 0. The Labute approximate surface area is 146 Å². The predicted molar refractivity (Wildman–Crippen MR) is 101 cm³/mol. The standard InChI is InChI=1S/C20H17BN2O2/c24-21(25)18-6-2-1-5-17(18)16-11-9-15(10-12-16)13-23-14-22-19-7-3-4-8-20(19)23/h1-12,14,24-25H,13H2. The smallest absolute Gasteiger partial charge is 0.423 e. The molecule has 5 heteroatoms. The lowest BCUT2D eigenvalue weighted by molar-refractivity contribution is 0.426. The van der Waals surface area contributed by atoms with Crippen LogP contribution in [-0.4, -0.2) is 26.7 Å². The third-order valence-electron chi connectivity index (χ3n) is 4.38. The predicted octanol–water partition coefficient (Wildman–Crippen LogP) is 2.43. The van der Waals surface area contributed by atoms with E-state index in [9.17, 15) is 10.0 Å². The molecule has 0 saturated carbocycles. The Kier molecular flexibility index (Phi) is 4.10. The number of nitrogens with zero attached hydrogens (tertiary/aromatic N) is 2. The van der Waals surface area contributed by atoms with E-state index in [1.807, 2.05) is 48.8 Å². The molecular weight excluding hydrogens is 311 g/mol. The van der Waals surface area contributed by atoms with E-state index >= 15 is 0 Å². The van der Waals surface area contributed by atoms with Gasteiger partial charge in [0.15, 0.2) is 0 Å². The van der Waals surface area contributed by atoms with Crippen LogP contribution in [0.3, 0.4) is 0 Å². The van der Waals surface area contributed by atoms with Crippen molar-refractivity contribution in [3.05, 3.63) is 84.7 Å². The number of benzene rings is 3. The lowest BCUT2D eigenvalue weighted by Crippen LogP contribution is -2.31. The number of para-hydroxylation sites is 2. The summed E-state index contributed by atoms with van der Waals surface area (Å²) in [5.41, 5.74) is 5.56. The van der Waals surface area contributed by atoms with Gasteiger partial charge in [0.1, 0.15) is 0 Å². The molecule has 0 aliphatic carbocycles. The second-order valence-corrected chi connectivity index (χ2v) is 6.02. The molecule has 0 fully saturated rings. The Morgan fingerprint density at radius 1 is 0.840 bits per heavy atom. The molecule has 0 aliphatic rings. The van der Waals surface area contributed by atoms with E-state index in [2.05, 4.69) is 27.8 Å². The van der Waals surface area contributed by atoms with Crippen molar-refractivity contribution in [2.24, 2.45) is 0 Å². The van der Waals surface area contributed by atoms with Gasteiger partial charge in [0.05, 0.1) is 17.4 Å². The summed E-state index contributed by atoms with van der Waals surface area (Å²) in [7, 11) is -1.48. The normalized spacial score (nSPS) is 11.0. The Balaban J connectivity index is 1.63. The molecule has 0 radical (unpaired) electrons. The average molecular weight is 328 g/mol. The van der Waals surface area contributed by atoms with Crippen molar-refractivity contribution in [1.29, 1.82) is 0 Å². The molecule has 3 aromatic carbocycles. The van der Waals surface area contributed by atoms with E-state index in [4.69, 9.17) is 0 Å². The first-order chi connectivity index (χ1) is 12.2. The van der Waals surface area contributed by atoms with Crippen LogP contribution < -0.4 is 5.46 Å². The lowest BCUT2D eigenvalue weighted by atomic mass is 9.75. The molecule has 122 valence electrons. The minimum absolute atomic E-state index is 0.510. The van der Waals surface area contributed by atoms with Gasteiger partial charge < -0.3 is 14.6 Å². The molecule has 0 bridgehead atoms. The number of aromatic nitrogens is 2. The fourth-order valence-electron chi connectivity index (χ4n) is 3.11. The summed E-state index contributed by atoms with van der Waals surface area (Å²) in [5, 5.41) is 19.1. The molecule has 0 aliphatic heterocycles. The molecule has 0 spiro atoms. The summed E-state index contributed by atoms with van der Waals surface area (Å²) in [6.07, 6.45) is 1.86. The van der Waals surface area contributed by atoms with Crippen molar-refractivity contribution >= 4 is 23.6 Å². The Hall–Kier alpha value is -2.89. The molecule has 0 amide bonds. The first kappa shape index (κ1) is 15.6. The van der Waals surface area contributed by atoms with E-state index in [1.54, 1.807) is 12.1 Å². The van der Waals surface area contributed by atoms with Crippen molar-refractivity contribution in [3.8, 4) is 11.1 Å². The van der Waals surface area contributed by atoms with E-state index < -0.39 is 7.12 Å². The zero-order valence-electron chi connectivity index (χ0n) is 13.6. The minimum atomic E-state index is -1.48. The maximum atomic E-state index is 9.54. The van der Waals surface area contributed by atoms with Gasteiger partial charge in [-0.2, -0.15) is 0 Å². The largest absolute Gasteiger partial charge is 0.489 e. The molecular formula is C20H17BN2O2. The van der Waals surface area contributed by atoms with E-state index in [0.29, 0.717) is 5.46 Å². The van der Waals surface area contributed by atoms with Gasteiger partial charge in [-0.05, 0) is 34.3 Å². The molecule has 4 rings (SSSR count). The second kappa shape index (κ2) is 6.55. The Morgan fingerprint density at radius 3 is 2.36 bits per heavy atom. The van der Waals surface area contributed by atoms with Crippen LogP contribution in [0.4, 0.5) is 0 Å². The molecule has 0 saturated heterocycles. The highest BCUT2D eigenvalue weighted by Gasteiger charge is 2.16. The topological polar surface area (TPSA) is 58.3 Å². The summed E-state index contributed by atoms with van der Waals surface area (Å²) in [6.45, 7) is 0.741. The second-order valence-electron chi connectivity index (χ2n) is 6.02. The first-order valence-electron chi connectivity index (χ1n) is 8.16. The third kappa shape index (κ3) is 3.07. The van der Waals surface area contributed by atoms with Crippen LogP contribution in [-0.2, 0) is 6.54 Å².